The van der Waals surface area contributed by atoms with Gasteiger partial charge in [-0.2, -0.15) is 5.10 Å². The van der Waals surface area contributed by atoms with E-state index in [4.69, 9.17) is 9.84 Å². The van der Waals surface area contributed by atoms with Gasteiger partial charge in [0, 0.05) is 22.0 Å². The molecule has 1 aromatic heterocycles. The van der Waals surface area contributed by atoms with Crippen molar-refractivity contribution in [1.29, 1.82) is 0 Å². The number of aryl methyl sites for hydroxylation is 1. The maximum absolute atomic E-state index is 11.2. The van der Waals surface area contributed by atoms with Crippen molar-refractivity contribution in [2.75, 3.05) is 13.1 Å². The number of benzene rings is 2. The van der Waals surface area contributed by atoms with Gasteiger partial charge in [0.25, 0.3) is 0 Å². The lowest BCUT2D eigenvalue weighted by molar-refractivity contribution is -0.136. The molecule has 28 heavy (non-hydrogen) atoms. The number of aromatic nitrogens is 2. The number of carboxylic acids is 1. The van der Waals surface area contributed by atoms with E-state index in [0.717, 1.165) is 46.1 Å². The molecule has 7 heteroatoms. The minimum atomic E-state index is -0.869. The number of nitrogens with one attached hydrogen (secondary N) is 1. The Bertz CT molecular complexity index is 1030. The van der Waals surface area contributed by atoms with Crippen molar-refractivity contribution in [1.82, 2.24) is 15.1 Å². The Hall–Kier alpha value is -2.38. The standard InChI is InChI=1S/C21H22BrN3O3/c1-13-3-2-4-20(16(13)10-21(26)27)28-12-18-17-9-14(22)5-6-19(17)25(24-18)15-7-8-23-11-15/h2-6,9,15,23H,7-8,10-12H2,1H3,(H,26,27). The molecule has 2 heterocycles. The first kappa shape index (κ1) is 19.0. The smallest absolute Gasteiger partial charge is 0.307 e. The molecule has 0 aliphatic carbocycles. The van der Waals surface area contributed by atoms with Crippen molar-refractivity contribution >= 4 is 32.8 Å². The van der Waals surface area contributed by atoms with Crippen molar-refractivity contribution in [2.24, 2.45) is 0 Å². The summed E-state index contributed by atoms with van der Waals surface area (Å²) in [6.45, 7) is 4.10. The highest BCUT2D eigenvalue weighted by molar-refractivity contribution is 9.10. The third-order valence-electron chi connectivity index (χ3n) is 5.18. The van der Waals surface area contributed by atoms with Crippen LogP contribution in [0.4, 0.5) is 0 Å². The second-order valence-electron chi connectivity index (χ2n) is 7.11. The van der Waals surface area contributed by atoms with Crippen LogP contribution in [-0.2, 0) is 17.8 Å². The van der Waals surface area contributed by atoms with E-state index < -0.39 is 5.97 Å². The van der Waals surface area contributed by atoms with Gasteiger partial charge in [0.1, 0.15) is 18.1 Å². The lowest BCUT2D eigenvalue weighted by atomic mass is 10.0. The molecule has 0 radical (unpaired) electrons. The lowest BCUT2D eigenvalue weighted by Crippen LogP contribution is -2.14. The highest BCUT2D eigenvalue weighted by Crippen LogP contribution is 2.29. The van der Waals surface area contributed by atoms with E-state index in [1.807, 2.05) is 31.2 Å². The van der Waals surface area contributed by atoms with Gasteiger partial charge in [-0.1, -0.05) is 28.1 Å². The predicted octanol–water partition coefficient (Wildman–Crippen LogP) is 3.85. The largest absolute Gasteiger partial charge is 0.487 e. The fraction of sp³-hybridized carbons (Fsp3) is 0.333. The Kier molecular flexibility index (Phi) is 5.37. The molecule has 2 aromatic carbocycles. The van der Waals surface area contributed by atoms with E-state index in [0.29, 0.717) is 17.4 Å². The summed E-state index contributed by atoms with van der Waals surface area (Å²) < 4.78 is 9.14. The molecule has 2 N–H and O–H groups in total. The molecule has 1 fully saturated rings. The molecule has 146 valence electrons. The summed E-state index contributed by atoms with van der Waals surface area (Å²) in [6.07, 6.45) is 0.990. The van der Waals surface area contributed by atoms with Crippen LogP contribution in [0.1, 0.15) is 29.3 Å². The molecule has 1 aliphatic heterocycles. The zero-order chi connectivity index (χ0) is 19.7. The summed E-state index contributed by atoms with van der Waals surface area (Å²) >= 11 is 3.55. The molecule has 1 atom stereocenters. The van der Waals surface area contributed by atoms with Crippen LogP contribution in [0, 0.1) is 6.92 Å². The van der Waals surface area contributed by atoms with Crippen LogP contribution >= 0.6 is 15.9 Å². The Balaban J connectivity index is 1.66. The average molecular weight is 444 g/mol. The summed E-state index contributed by atoms with van der Waals surface area (Å²) in [7, 11) is 0. The number of ether oxygens (including phenoxy) is 1. The molecule has 4 rings (SSSR count). The zero-order valence-corrected chi connectivity index (χ0v) is 17.2. The number of carbonyl (C=O) groups is 1. The molecule has 0 bridgehead atoms. The van der Waals surface area contributed by atoms with E-state index in [9.17, 15) is 9.90 Å². The third kappa shape index (κ3) is 3.77. The van der Waals surface area contributed by atoms with Gasteiger partial charge in [-0.3, -0.25) is 9.48 Å². The van der Waals surface area contributed by atoms with E-state index in [1.54, 1.807) is 0 Å². The second-order valence-corrected chi connectivity index (χ2v) is 8.03. The van der Waals surface area contributed by atoms with Crippen molar-refractivity contribution in [2.45, 2.75) is 32.4 Å². The Morgan fingerprint density at radius 1 is 1.39 bits per heavy atom. The van der Waals surface area contributed by atoms with E-state index in [2.05, 4.69) is 38.1 Å². The van der Waals surface area contributed by atoms with Gasteiger partial charge in [0.2, 0.25) is 0 Å². The molecule has 6 nitrogen and oxygen atoms in total. The Morgan fingerprint density at radius 2 is 2.25 bits per heavy atom. The van der Waals surface area contributed by atoms with Crippen LogP contribution in [0.3, 0.4) is 0 Å². The molecule has 1 unspecified atom stereocenters. The zero-order valence-electron chi connectivity index (χ0n) is 15.6. The van der Waals surface area contributed by atoms with Crippen LogP contribution in [0.2, 0.25) is 0 Å². The topological polar surface area (TPSA) is 76.4 Å². The number of nitrogens with zero attached hydrogens (tertiary/aromatic N) is 2. The highest BCUT2D eigenvalue weighted by atomic mass is 79.9. The first-order chi connectivity index (χ1) is 13.5. The van der Waals surface area contributed by atoms with Crippen LogP contribution in [0.5, 0.6) is 5.75 Å². The third-order valence-corrected chi connectivity index (χ3v) is 5.68. The molecule has 0 saturated carbocycles. The number of halogens is 1. The second kappa shape index (κ2) is 7.93. The number of aliphatic carboxylic acids is 1. The van der Waals surface area contributed by atoms with Gasteiger partial charge < -0.3 is 15.2 Å². The van der Waals surface area contributed by atoms with Gasteiger partial charge in [-0.15, -0.1) is 0 Å². The first-order valence-corrected chi connectivity index (χ1v) is 10.1. The van der Waals surface area contributed by atoms with Crippen LogP contribution in [0.15, 0.2) is 40.9 Å². The Morgan fingerprint density at radius 3 is 3.00 bits per heavy atom. The van der Waals surface area contributed by atoms with E-state index >= 15 is 0 Å². The first-order valence-electron chi connectivity index (χ1n) is 9.33. The lowest BCUT2D eigenvalue weighted by Gasteiger charge is -2.12. The molecular formula is C21H22BrN3O3. The molecule has 1 saturated heterocycles. The Labute approximate surface area is 171 Å². The summed E-state index contributed by atoms with van der Waals surface area (Å²) in [6, 6.07) is 12.1. The van der Waals surface area contributed by atoms with Crippen LogP contribution in [-0.4, -0.2) is 33.9 Å². The monoisotopic (exact) mass is 443 g/mol. The van der Waals surface area contributed by atoms with Crippen molar-refractivity contribution in [3.8, 4) is 5.75 Å². The molecular weight excluding hydrogens is 422 g/mol. The van der Waals surface area contributed by atoms with E-state index in [1.165, 1.54) is 0 Å². The van der Waals surface area contributed by atoms with Crippen LogP contribution in [0.25, 0.3) is 10.9 Å². The number of rotatable bonds is 6. The molecule has 0 amide bonds. The van der Waals surface area contributed by atoms with Gasteiger partial charge in [0.05, 0.1) is 18.0 Å². The minimum Gasteiger partial charge on any atom is -0.487 e. The molecule has 3 aromatic rings. The summed E-state index contributed by atoms with van der Waals surface area (Å²) in [5, 5.41) is 18.5. The number of hydrogen-bond acceptors (Lipinski definition) is 4. The van der Waals surface area contributed by atoms with Gasteiger partial charge >= 0.3 is 5.97 Å². The minimum absolute atomic E-state index is 0.0590. The fourth-order valence-corrected chi connectivity index (χ4v) is 4.11. The maximum atomic E-state index is 11.2. The molecule has 0 spiro atoms. The number of carboxylic acid groups (broad SMARTS) is 1. The number of fused-ring (bicyclic) bond motifs is 1. The average Bonchev–Trinajstić information content (AvgIpc) is 3.29. The van der Waals surface area contributed by atoms with E-state index in [-0.39, 0.29) is 13.0 Å². The maximum Gasteiger partial charge on any atom is 0.307 e. The van der Waals surface area contributed by atoms with Crippen molar-refractivity contribution in [3.63, 3.8) is 0 Å². The van der Waals surface area contributed by atoms with Gasteiger partial charge in [0.15, 0.2) is 0 Å². The fourth-order valence-electron chi connectivity index (χ4n) is 3.74. The summed E-state index contributed by atoms with van der Waals surface area (Å²) in [5.41, 5.74) is 3.56. The van der Waals surface area contributed by atoms with Gasteiger partial charge in [-0.05, 0) is 49.7 Å². The normalized spacial score (nSPS) is 16.6. The number of hydrogen-bond donors (Lipinski definition) is 2. The highest BCUT2D eigenvalue weighted by Gasteiger charge is 2.22. The molecule has 1 aliphatic rings. The van der Waals surface area contributed by atoms with Crippen molar-refractivity contribution in [3.05, 3.63) is 57.7 Å². The van der Waals surface area contributed by atoms with Crippen LogP contribution < -0.4 is 10.1 Å². The van der Waals surface area contributed by atoms with Gasteiger partial charge in [-0.25, -0.2) is 0 Å². The van der Waals surface area contributed by atoms with Crippen molar-refractivity contribution < 1.29 is 14.6 Å². The SMILES string of the molecule is Cc1cccc(OCc2nn(C3CCNC3)c3ccc(Br)cc23)c1CC(=O)O. The quantitative estimate of drug-likeness (QED) is 0.604. The summed E-state index contributed by atoms with van der Waals surface area (Å²) in [5.74, 6) is -0.269. The summed E-state index contributed by atoms with van der Waals surface area (Å²) in [4.78, 5) is 11.2. The predicted molar refractivity (Wildman–Crippen MR) is 111 cm³/mol.